The van der Waals surface area contributed by atoms with E-state index < -0.39 is 0 Å². The number of thiophene rings is 1. The van der Waals surface area contributed by atoms with Crippen LogP contribution >= 0.6 is 11.3 Å². The number of para-hydroxylation sites is 2. The standard InChI is InChI=1S/C21H17N3S/c1-15-12-13-25-21(15)14-22-18-8-4-2-6-16(18)10-11-20-17-7-3-5-9-19(17)23-24-20/h2-14H,1H3,(H,23,24). The van der Waals surface area contributed by atoms with Crippen molar-refractivity contribution in [1.29, 1.82) is 0 Å². The molecule has 0 saturated heterocycles. The van der Waals surface area contributed by atoms with Gasteiger partial charge in [0.2, 0.25) is 0 Å². The van der Waals surface area contributed by atoms with Crippen LogP contribution in [-0.4, -0.2) is 16.4 Å². The van der Waals surface area contributed by atoms with Crippen LogP contribution in [0.1, 0.15) is 21.7 Å². The van der Waals surface area contributed by atoms with Gasteiger partial charge in [-0.15, -0.1) is 11.3 Å². The maximum atomic E-state index is 4.68. The molecule has 2 aromatic heterocycles. The quantitative estimate of drug-likeness (QED) is 0.464. The Labute approximate surface area is 150 Å². The van der Waals surface area contributed by atoms with Gasteiger partial charge in [-0.2, -0.15) is 5.10 Å². The van der Waals surface area contributed by atoms with E-state index in [1.165, 1.54) is 10.4 Å². The molecule has 0 bridgehead atoms. The van der Waals surface area contributed by atoms with Gasteiger partial charge in [-0.1, -0.05) is 42.5 Å². The summed E-state index contributed by atoms with van der Waals surface area (Å²) in [5.74, 6) is 0. The first-order chi connectivity index (χ1) is 12.3. The van der Waals surface area contributed by atoms with Crippen molar-refractivity contribution in [3.63, 3.8) is 0 Å². The number of aromatic amines is 1. The molecule has 0 amide bonds. The highest BCUT2D eigenvalue weighted by atomic mass is 32.1. The van der Waals surface area contributed by atoms with Gasteiger partial charge in [0.15, 0.2) is 0 Å². The molecule has 4 heteroatoms. The second-order valence-electron chi connectivity index (χ2n) is 5.77. The zero-order valence-electron chi connectivity index (χ0n) is 13.8. The van der Waals surface area contributed by atoms with Gasteiger partial charge in [-0.3, -0.25) is 10.1 Å². The molecule has 0 radical (unpaired) electrons. The third kappa shape index (κ3) is 3.30. The topological polar surface area (TPSA) is 41.0 Å². The molecular weight excluding hydrogens is 326 g/mol. The van der Waals surface area contributed by atoms with E-state index >= 15 is 0 Å². The zero-order chi connectivity index (χ0) is 17.1. The van der Waals surface area contributed by atoms with Gasteiger partial charge in [-0.05, 0) is 42.1 Å². The van der Waals surface area contributed by atoms with Crippen LogP contribution in [0.4, 0.5) is 5.69 Å². The number of hydrogen-bond acceptors (Lipinski definition) is 3. The van der Waals surface area contributed by atoms with Crippen molar-refractivity contribution in [1.82, 2.24) is 10.2 Å². The summed E-state index contributed by atoms with van der Waals surface area (Å²) in [6.45, 7) is 2.10. The van der Waals surface area contributed by atoms with Gasteiger partial charge in [-0.25, -0.2) is 0 Å². The number of fused-ring (bicyclic) bond motifs is 1. The molecule has 4 aromatic rings. The van der Waals surface area contributed by atoms with Crippen LogP contribution in [0.25, 0.3) is 23.1 Å². The molecule has 0 aliphatic carbocycles. The van der Waals surface area contributed by atoms with Crippen LogP contribution in [0.3, 0.4) is 0 Å². The summed E-state index contributed by atoms with van der Waals surface area (Å²) in [5, 5.41) is 10.7. The Kier molecular flexibility index (Phi) is 4.27. The number of hydrogen-bond donors (Lipinski definition) is 1. The van der Waals surface area contributed by atoms with E-state index in [2.05, 4.69) is 51.8 Å². The highest BCUT2D eigenvalue weighted by molar-refractivity contribution is 7.11. The highest BCUT2D eigenvalue weighted by Crippen LogP contribution is 2.24. The predicted octanol–water partition coefficient (Wildman–Crippen LogP) is 5.85. The molecule has 2 aromatic carbocycles. The summed E-state index contributed by atoms with van der Waals surface area (Å²) in [6, 6.07) is 18.4. The summed E-state index contributed by atoms with van der Waals surface area (Å²) >= 11 is 1.71. The van der Waals surface area contributed by atoms with Gasteiger partial charge in [0, 0.05) is 22.0 Å². The lowest BCUT2D eigenvalue weighted by molar-refractivity contribution is 1.11. The van der Waals surface area contributed by atoms with Gasteiger partial charge >= 0.3 is 0 Å². The second-order valence-corrected chi connectivity index (χ2v) is 6.72. The average molecular weight is 343 g/mol. The Balaban J connectivity index is 1.65. The van der Waals surface area contributed by atoms with Crippen LogP contribution in [-0.2, 0) is 0 Å². The largest absolute Gasteiger partial charge is 0.277 e. The molecule has 0 saturated carbocycles. The lowest BCUT2D eigenvalue weighted by Gasteiger charge is -2.00. The normalized spacial score (nSPS) is 11.9. The number of H-pyrrole nitrogens is 1. The number of aromatic nitrogens is 2. The zero-order valence-corrected chi connectivity index (χ0v) is 14.6. The van der Waals surface area contributed by atoms with Crippen LogP contribution in [0, 0.1) is 6.92 Å². The number of benzene rings is 2. The fraction of sp³-hybridized carbons (Fsp3) is 0.0476. The van der Waals surface area contributed by atoms with Crippen LogP contribution in [0.15, 0.2) is 65.0 Å². The van der Waals surface area contributed by atoms with E-state index in [1.54, 1.807) is 11.3 Å². The maximum absolute atomic E-state index is 4.68. The summed E-state index contributed by atoms with van der Waals surface area (Å²) < 4.78 is 0. The lowest BCUT2D eigenvalue weighted by atomic mass is 10.1. The maximum Gasteiger partial charge on any atom is 0.0927 e. The number of aliphatic imine (C=N–C) groups is 1. The highest BCUT2D eigenvalue weighted by Gasteiger charge is 2.02. The van der Waals surface area contributed by atoms with Crippen LogP contribution < -0.4 is 0 Å². The number of nitrogens with zero attached hydrogens (tertiary/aromatic N) is 2. The first-order valence-electron chi connectivity index (χ1n) is 8.09. The van der Waals surface area contributed by atoms with E-state index in [0.717, 1.165) is 27.8 Å². The third-order valence-corrected chi connectivity index (χ3v) is 5.03. The van der Waals surface area contributed by atoms with E-state index in [1.807, 2.05) is 48.7 Å². The first-order valence-corrected chi connectivity index (χ1v) is 8.97. The fourth-order valence-corrected chi connectivity index (χ4v) is 3.46. The summed E-state index contributed by atoms with van der Waals surface area (Å²) in [6.07, 6.45) is 6.04. The molecule has 3 nitrogen and oxygen atoms in total. The molecule has 122 valence electrons. The lowest BCUT2D eigenvalue weighted by Crippen LogP contribution is -1.80. The van der Waals surface area contributed by atoms with Crippen molar-refractivity contribution in [3.05, 3.63) is 81.7 Å². The Bertz CT molecular complexity index is 1070. The molecule has 0 aliphatic heterocycles. The molecule has 25 heavy (non-hydrogen) atoms. The minimum atomic E-state index is 0.934. The molecule has 0 aliphatic rings. The molecule has 0 atom stereocenters. The van der Waals surface area contributed by atoms with E-state index in [9.17, 15) is 0 Å². The molecule has 2 heterocycles. The Morgan fingerprint density at radius 2 is 1.84 bits per heavy atom. The second kappa shape index (κ2) is 6.87. The van der Waals surface area contributed by atoms with E-state index in [4.69, 9.17) is 0 Å². The third-order valence-electron chi connectivity index (χ3n) is 4.08. The van der Waals surface area contributed by atoms with Gasteiger partial charge < -0.3 is 0 Å². The van der Waals surface area contributed by atoms with Crippen molar-refractivity contribution in [2.45, 2.75) is 6.92 Å². The van der Waals surface area contributed by atoms with Crippen molar-refractivity contribution < 1.29 is 0 Å². The van der Waals surface area contributed by atoms with E-state index in [0.29, 0.717) is 0 Å². The molecule has 4 rings (SSSR count). The number of nitrogens with one attached hydrogen (secondary N) is 1. The average Bonchev–Trinajstić information content (AvgIpc) is 3.25. The Hall–Kier alpha value is -2.98. The smallest absolute Gasteiger partial charge is 0.0927 e. The van der Waals surface area contributed by atoms with Gasteiger partial charge in [0.05, 0.1) is 16.9 Å². The Morgan fingerprint density at radius 3 is 2.72 bits per heavy atom. The van der Waals surface area contributed by atoms with Crippen molar-refractivity contribution in [3.8, 4) is 0 Å². The SMILES string of the molecule is Cc1ccsc1C=Nc1ccccc1C=Cc1n[nH]c2ccccc12. The van der Waals surface area contributed by atoms with Crippen molar-refractivity contribution >= 4 is 46.3 Å². The molecular formula is C21H17N3S. The molecule has 0 unspecified atom stereocenters. The predicted molar refractivity (Wildman–Crippen MR) is 108 cm³/mol. The van der Waals surface area contributed by atoms with Gasteiger partial charge in [0.25, 0.3) is 0 Å². The number of rotatable bonds is 4. The number of aryl methyl sites for hydroxylation is 1. The molecule has 0 spiro atoms. The molecule has 1 N–H and O–H groups in total. The Morgan fingerprint density at radius 1 is 1.00 bits per heavy atom. The monoisotopic (exact) mass is 343 g/mol. The summed E-state index contributed by atoms with van der Waals surface area (Å²) in [7, 11) is 0. The molecule has 0 fully saturated rings. The van der Waals surface area contributed by atoms with Gasteiger partial charge in [0.1, 0.15) is 0 Å². The first kappa shape index (κ1) is 15.5. The van der Waals surface area contributed by atoms with Crippen molar-refractivity contribution in [2.75, 3.05) is 0 Å². The van der Waals surface area contributed by atoms with E-state index in [-0.39, 0.29) is 0 Å². The van der Waals surface area contributed by atoms with Crippen LogP contribution in [0.5, 0.6) is 0 Å². The fourth-order valence-electron chi connectivity index (χ4n) is 2.67. The van der Waals surface area contributed by atoms with Crippen LogP contribution in [0.2, 0.25) is 0 Å². The minimum absolute atomic E-state index is 0.934. The minimum Gasteiger partial charge on any atom is -0.277 e. The summed E-state index contributed by atoms with van der Waals surface area (Å²) in [4.78, 5) is 5.87. The van der Waals surface area contributed by atoms with Crippen molar-refractivity contribution in [2.24, 2.45) is 4.99 Å². The summed E-state index contributed by atoms with van der Waals surface area (Å²) in [5.41, 5.74) is 5.25.